The van der Waals surface area contributed by atoms with Gasteiger partial charge < -0.3 is 9.64 Å². The first-order valence-corrected chi connectivity index (χ1v) is 8.76. The van der Waals surface area contributed by atoms with Gasteiger partial charge in [0.2, 0.25) is 11.7 Å². The third kappa shape index (κ3) is 4.08. The molecular formula is C18H18BrN5O2. The number of tetrazole rings is 1. The molecule has 0 bridgehead atoms. The van der Waals surface area contributed by atoms with Gasteiger partial charge >= 0.3 is 0 Å². The predicted molar refractivity (Wildman–Crippen MR) is 100 cm³/mol. The highest BCUT2D eigenvalue weighted by atomic mass is 79.9. The Morgan fingerprint density at radius 3 is 2.69 bits per heavy atom. The Labute approximate surface area is 159 Å². The summed E-state index contributed by atoms with van der Waals surface area (Å²) in [6.07, 6.45) is 0. The quantitative estimate of drug-likeness (QED) is 0.618. The molecule has 3 aromatic rings. The van der Waals surface area contributed by atoms with E-state index in [2.05, 4.69) is 31.3 Å². The van der Waals surface area contributed by atoms with Gasteiger partial charge in [-0.1, -0.05) is 46.3 Å². The minimum Gasteiger partial charge on any atom is -0.496 e. The van der Waals surface area contributed by atoms with Crippen LogP contribution in [0.2, 0.25) is 0 Å². The molecule has 0 aliphatic heterocycles. The fourth-order valence-electron chi connectivity index (χ4n) is 2.48. The first kappa shape index (κ1) is 18.1. The summed E-state index contributed by atoms with van der Waals surface area (Å²) in [5, 5.41) is 12.3. The van der Waals surface area contributed by atoms with E-state index in [1.807, 2.05) is 48.5 Å². The molecule has 2 aromatic carbocycles. The van der Waals surface area contributed by atoms with Gasteiger partial charge in [-0.3, -0.25) is 4.79 Å². The van der Waals surface area contributed by atoms with Gasteiger partial charge in [0.1, 0.15) is 12.3 Å². The van der Waals surface area contributed by atoms with Crippen LogP contribution >= 0.6 is 15.9 Å². The molecule has 0 fully saturated rings. The SMILES string of the molecule is COc1ccccc1CN(C)C(=O)Cn1nnc(-c2ccccc2Br)n1. The average molecular weight is 416 g/mol. The molecule has 0 aliphatic carbocycles. The smallest absolute Gasteiger partial charge is 0.246 e. The van der Waals surface area contributed by atoms with Gasteiger partial charge in [-0.05, 0) is 23.4 Å². The van der Waals surface area contributed by atoms with Gasteiger partial charge in [0.25, 0.3) is 0 Å². The van der Waals surface area contributed by atoms with E-state index in [1.165, 1.54) is 4.80 Å². The summed E-state index contributed by atoms with van der Waals surface area (Å²) in [5.74, 6) is 1.10. The van der Waals surface area contributed by atoms with E-state index in [4.69, 9.17) is 4.74 Å². The normalized spacial score (nSPS) is 10.6. The number of rotatable bonds is 6. The summed E-state index contributed by atoms with van der Waals surface area (Å²) in [7, 11) is 3.35. The Hall–Kier alpha value is -2.74. The van der Waals surface area contributed by atoms with Gasteiger partial charge in [-0.2, -0.15) is 4.80 Å². The number of amides is 1. The maximum atomic E-state index is 12.5. The van der Waals surface area contributed by atoms with Crippen molar-refractivity contribution in [2.24, 2.45) is 0 Å². The predicted octanol–water partition coefficient (Wildman–Crippen LogP) is 2.77. The lowest BCUT2D eigenvalue weighted by atomic mass is 10.2. The van der Waals surface area contributed by atoms with Crippen molar-refractivity contribution in [3.63, 3.8) is 0 Å². The number of hydrogen-bond acceptors (Lipinski definition) is 5. The number of nitrogens with zero attached hydrogens (tertiary/aromatic N) is 5. The monoisotopic (exact) mass is 415 g/mol. The number of carbonyl (C=O) groups is 1. The molecule has 1 aromatic heterocycles. The highest BCUT2D eigenvalue weighted by Gasteiger charge is 2.15. The van der Waals surface area contributed by atoms with E-state index in [9.17, 15) is 4.79 Å². The lowest BCUT2D eigenvalue weighted by Gasteiger charge is -2.18. The van der Waals surface area contributed by atoms with E-state index in [-0.39, 0.29) is 12.5 Å². The number of hydrogen-bond donors (Lipinski definition) is 0. The van der Waals surface area contributed by atoms with Crippen molar-refractivity contribution in [2.75, 3.05) is 14.2 Å². The fraction of sp³-hybridized carbons (Fsp3) is 0.222. The van der Waals surface area contributed by atoms with Crippen molar-refractivity contribution < 1.29 is 9.53 Å². The first-order valence-electron chi connectivity index (χ1n) is 7.97. The van der Waals surface area contributed by atoms with E-state index >= 15 is 0 Å². The maximum absolute atomic E-state index is 12.5. The summed E-state index contributed by atoms with van der Waals surface area (Å²) < 4.78 is 6.20. The van der Waals surface area contributed by atoms with Crippen LogP contribution in [0, 0.1) is 0 Å². The summed E-state index contributed by atoms with van der Waals surface area (Å²) in [6.45, 7) is 0.456. The minimum atomic E-state index is -0.119. The van der Waals surface area contributed by atoms with Crippen LogP contribution in [0.4, 0.5) is 0 Å². The third-order valence-corrected chi connectivity index (χ3v) is 4.56. The molecule has 0 unspecified atom stereocenters. The topological polar surface area (TPSA) is 73.1 Å². The Bertz CT molecular complexity index is 912. The van der Waals surface area contributed by atoms with Crippen LogP contribution in [0.25, 0.3) is 11.4 Å². The number of aromatic nitrogens is 4. The van der Waals surface area contributed by atoms with Crippen LogP contribution in [0.3, 0.4) is 0 Å². The van der Waals surface area contributed by atoms with Crippen LogP contribution in [-0.2, 0) is 17.9 Å². The molecule has 1 heterocycles. The average Bonchev–Trinajstić information content (AvgIpc) is 3.10. The highest BCUT2D eigenvalue weighted by molar-refractivity contribution is 9.10. The number of benzene rings is 2. The van der Waals surface area contributed by atoms with Crippen LogP contribution < -0.4 is 4.74 Å². The standard InChI is InChI=1S/C18H18BrN5O2/c1-23(11-13-7-3-6-10-16(13)26-2)17(25)12-24-21-18(20-22-24)14-8-4-5-9-15(14)19/h3-10H,11-12H2,1-2H3. The number of para-hydroxylation sites is 1. The van der Waals surface area contributed by atoms with Gasteiger partial charge in [-0.15, -0.1) is 10.2 Å². The van der Waals surface area contributed by atoms with Crippen LogP contribution in [0.15, 0.2) is 53.0 Å². The molecule has 0 saturated heterocycles. The van der Waals surface area contributed by atoms with E-state index in [0.717, 1.165) is 21.3 Å². The Kier molecular flexibility index (Phi) is 5.62. The van der Waals surface area contributed by atoms with E-state index < -0.39 is 0 Å². The van der Waals surface area contributed by atoms with Gasteiger partial charge in [0.05, 0.1) is 7.11 Å². The molecule has 8 heteroatoms. The number of carbonyl (C=O) groups excluding carboxylic acids is 1. The Balaban J connectivity index is 1.67. The maximum Gasteiger partial charge on any atom is 0.246 e. The molecule has 0 N–H and O–H groups in total. The second kappa shape index (κ2) is 8.09. The number of halogens is 1. The molecule has 26 heavy (non-hydrogen) atoms. The van der Waals surface area contributed by atoms with Crippen LogP contribution in [0.1, 0.15) is 5.56 Å². The van der Waals surface area contributed by atoms with Crippen molar-refractivity contribution in [3.8, 4) is 17.1 Å². The lowest BCUT2D eigenvalue weighted by Crippen LogP contribution is -2.30. The second-order valence-corrected chi connectivity index (χ2v) is 6.54. The molecule has 0 atom stereocenters. The molecule has 134 valence electrons. The summed E-state index contributed by atoms with van der Waals surface area (Å²) in [6, 6.07) is 15.2. The molecule has 0 saturated carbocycles. The Morgan fingerprint density at radius 1 is 1.19 bits per heavy atom. The first-order chi connectivity index (χ1) is 12.6. The van der Waals surface area contributed by atoms with Gasteiger partial charge in [0, 0.05) is 29.2 Å². The summed E-state index contributed by atoms with van der Waals surface area (Å²) in [4.78, 5) is 15.4. The molecule has 3 rings (SSSR count). The van der Waals surface area contributed by atoms with Crippen LogP contribution in [0.5, 0.6) is 5.75 Å². The van der Waals surface area contributed by atoms with Crippen molar-refractivity contribution in [3.05, 3.63) is 58.6 Å². The van der Waals surface area contributed by atoms with Crippen molar-refractivity contribution >= 4 is 21.8 Å². The third-order valence-electron chi connectivity index (χ3n) is 3.87. The van der Waals surface area contributed by atoms with Crippen molar-refractivity contribution in [1.29, 1.82) is 0 Å². The number of likely N-dealkylation sites (N-methyl/N-ethyl adjacent to an activating group) is 1. The van der Waals surface area contributed by atoms with E-state index in [1.54, 1.807) is 19.1 Å². The van der Waals surface area contributed by atoms with Crippen molar-refractivity contribution in [1.82, 2.24) is 25.1 Å². The Morgan fingerprint density at radius 2 is 1.92 bits per heavy atom. The fourth-order valence-corrected chi connectivity index (χ4v) is 2.94. The molecule has 7 nitrogen and oxygen atoms in total. The van der Waals surface area contributed by atoms with Gasteiger partial charge in [0.15, 0.2) is 0 Å². The second-order valence-electron chi connectivity index (χ2n) is 5.68. The zero-order valence-corrected chi connectivity index (χ0v) is 16.0. The van der Waals surface area contributed by atoms with Crippen molar-refractivity contribution in [2.45, 2.75) is 13.1 Å². The molecule has 0 aliphatic rings. The lowest BCUT2D eigenvalue weighted by molar-refractivity contribution is -0.131. The zero-order valence-electron chi connectivity index (χ0n) is 14.5. The zero-order chi connectivity index (χ0) is 18.5. The number of methoxy groups -OCH3 is 1. The molecule has 0 radical (unpaired) electrons. The highest BCUT2D eigenvalue weighted by Crippen LogP contribution is 2.24. The molecule has 1 amide bonds. The molecule has 0 spiro atoms. The van der Waals surface area contributed by atoms with E-state index in [0.29, 0.717) is 12.4 Å². The largest absolute Gasteiger partial charge is 0.496 e. The van der Waals surface area contributed by atoms with Gasteiger partial charge in [-0.25, -0.2) is 0 Å². The summed E-state index contributed by atoms with van der Waals surface area (Å²) >= 11 is 3.46. The van der Waals surface area contributed by atoms with Crippen LogP contribution in [-0.4, -0.2) is 45.2 Å². The minimum absolute atomic E-state index is 0.0170. The number of ether oxygens (including phenoxy) is 1. The molecular weight excluding hydrogens is 398 g/mol. The summed E-state index contributed by atoms with van der Waals surface area (Å²) in [5.41, 5.74) is 1.76.